The van der Waals surface area contributed by atoms with Crippen LogP contribution in [0.15, 0.2) is 0 Å². The highest BCUT2D eigenvalue weighted by molar-refractivity contribution is 5.76. The molecule has 0 spiro atoms. The van der Waals surface area contributed by atoms with E-state index < -0.39 is 0 Å². The number of amides is 1. The second kappa shape index (κ2) is 8.45. The Hall–Kier alpha value is -0.650. The van der Waals surface area contributed by atoms with E-state index in [0.717, 1.165) is 12.8 Å². The zero-order chi connectivity index (χ0) is 13.4. The average molecular weight is 258 g/mol. The molecule has 0 aromatic rings. The molecule has 2 atom stereocenters. The minimum absolute atomic E-state index is 0.150. The summed E-state index contributed by atoms with van der Waals surface area (Å²) in [6.45, 7) is 7.02. The fourth-order valence-electron chi connectivity index (χ4n) is 2.23. The van der Waals surface area contributed by atoms with Crippen molar-refractivity contribution in [1.29, 1.82) is 0 Å². The maximum Gasteiger partial charge on any atom is 0.224 e. The molecular weight excluding hydrogens is 232 g/mol. The molecule has 0 bridgehead atoms. The van der Waals surface area contributed by atoms with Crippen molar-refractivity contribution in [2.75, 3.05) is 32.9 Å². The normalized spacial score (nSPS) is 19.6. The molecule has 0 aromatic carbocycles. The molecule has 18 heavy (non-hydrogen) atoms. The van der Waals surface area contributed by atoms with Crippen LogP contribution in [0.5, 0.6) is 0 Å². The van der Waals surface area contributed by atoms with E-state index in [0.29, 0.717) is 38.8 Å². The monoisotopic (exact) mass is 258 g/mol. The molecule has 2 N–H and O–H groups in total. The molecule has 1 amide bonds. The van der Waals surface area contributed by atoms with Gasteiger partial charge in [0.25, 0.3) is 0 Å². The molecule has 1 aliphatic heterocycles. The number of hydrogen-bond donors (Lipinski definition) is 2. The van der Waals surface area contributed by atoms with Gasteiger partial charge in [0.05, 0.1) is 13.2 Å². The van der Waals surface area contributed by atoms with Crippen LogP contribution in [0, 0.1) is 0 Å². The van der Waals surface area contributed by atoms with Crippen LogP contribution in [0.2, 0.25) is 0 Å². The Morgan fingerprint density at radius 1 is 1.44 bits per heavy atom. The average Bonchev–Trinajstić information content (AvgIpc) is 2.39. The van der Waals surface area contributed by atoms with Gasteiger partial charge in [0.1, 0.15) is 0 Å². The first-order valence-electron chi connectivity index (χ1n) is 6.89. The van der Waals surface area contributed by atoms with Crippen molar-refractivity contribution in [2.45, 2.75) is 45.2 Å². The number of morpholine rings is 1. The zero-order valence-electron chi connectivity index (χ0n) is 11.5. The van der Waals surface area contributed by atoms with Crippen molar-refractivity contribution in [1.82, 2.24) is 10.2 Å². The molecule has 1 saturated heterocycles. The van der Waals surface area contributed by atoms with Gasteiger partial charge >= 0.3 is 0 Å². The molecular formula is C13H26N2O3. The van der Waals surface area contributed by atoms with Crippen molar-refractivity contribution < 1.29 is 14.6 Å². The Kier molecular flexibility index (Phi) is 7.23. The number of hydrogen-bond acceptors (Lipinski definition) is 4. The van der Waals surface area contributed by atoms with Crippen LogP contribution in [0.4, 0.5) is 0 Å². The van der Waals surface area contributed by atoms with Gasteiger partial charge in [-0.25, -0.2) is 0 Å². The zero-order valence-corrected chi connectivity index (χ0v) is 11.5. The van der Waals surface area contributed by atoms with Gasteiger partial charge < -0.3 is 20.1 Å². The van der Waals surface area contributed by atoms with Crippen molar-refractivity contribution in [2.24, 2.45) is 0 Å². The van der Waals surface area contributed by atoms with Crippen molar-refractivity contribution >= 4 is 5.91 Å². The molecule has 1 aliphatic rings. The standard InChI is InChI=1S/C13H26N2O3/c1-3-12(4-7-16)14-11(2)10-13(17)15-5-8-18-9-6-15/h11-12,14,16H,3-10H2,1-2H3. The van der Waals surface area contributed by atoms with E-state index in [-0.39, 0.29) is 18.6 Å². The fourth-order valence-corrected chi connectivity index (χ4v) is 2.23. The lowest BCUT2D eigenvalue weighted by atomic mass is 10.1. The number of ether oxygens (including phenoxy) is 1. The third-order valence-electron chi connectivity index (χ3n) is 3.34. The van der Waals surface area contributed by atoms with E-state index >= 15 is 0 Å². The third kappa shape index (κ3) is 5.33. The van der Waals surface area contributed by atoms with Gasteiger partial charge in [-0.2, -0.15) is 0 Å². The minimum atomic E-state index is 0.150. The van der Waals surface area contributed by atoms with Crippen LogP contribution in [0.1, 0.15) is 33.1 Å². The van der Waals surface area contributed by atoms with Crippen LogP contribution in [0.25, 0.3) is 0 Å². The van der Waals surface area contributed by atoms with Gasteiger partial charge in [-0.05, 0) is 19.8 Å². The lowest BCUT2D eigenvalue weighted by Crippen LogP contribution is -2.45. The molecule has 0 radical (unpaired) electrons. The van der Waals surface area contributed by atoms with Crippen molar-refractivity contribution in [3.63, 3.8) is 0 Å². The summed E-state index contributed by atoms with van der Waals surface area (Å²) in [7, 11) is 0. The Morgan fingerprint density at radius 3 is 2.67 bits per heavy atom. The van der Waals surface area contributed by atoms with Gasteiger partial charge in [0.2, 0.25) is 5.91 Å². The SMILES string of the molecule is CCC(CCO)NC(C)CC(=O)N1CCOCC1. The Bertz CT molecular complexity index is 242. The summed E-state index contributed by atoms with van der Waals surface area (Å²) >= 11 is 0. The Balaban J connectivity index is 2.29. The van der Waals surface area contributed by atoms with Crippen LogP contribution in [-0.2, 0) is 9.53 Å². The second-order valence-corrected chi connectivity index (χ2v) is 4.88. The molecule has 5 heteroatoms. The summed E-state index contributed by atoms with van der Waals surface area (Å²) in [6, 6.07) is 0.444. The number of nitrogens with zero attached hydrogens (tertiary/aromatic N) is 1. The number of aliphatic hydroxyl groups excluding tert-OH is 1. The van der Waals surface area contributed by atoms with E-state index in [1.807, 2.05) is 11.8 Å². The van der Waals surface area contributed by atoms with Crippen LogP contribution < -0.4 is 5.32 Å². The fraction of sp³-hybridized carbons (Fsp3) is 0.923. The molecule has 5 nitrogen and oxygen atoms in total. The van der Waals surface area contributed by atoms with Gasteiger partial charge in [0, 0.05) is 38.2 Å². The van der Waals surface area contributed by atoms with E-state index in [1.54, 1.807) is 0 Å². The van der Waals surface area contributed by atoms with Crippen LogP contribution in [-0.4, -0.2) is 60.9 Å². The summed E-state index contributed by atoms with van der Waals surface area (Å²) < 4.78 is 5.23. The second-order valence-electron chi connectivity index (χ2n) is 4.88. The Morgan fingerprint density at radius 2 is 2.11 bits per heavy atom. The highest BCUT2D eigenvalue weighted by atomic mass is 16.5. The predicted octanol–water partition coefficient (Wildman–Crippen LogP) is 0.374. The van der Waals surface area contributed by atoms with Crippen LogP contribution in [0.3, 0.4) is 0 Å². The largest absolute Gasteiger partial charge is 0.396 e. The molecule has 1 heterocycles. The number of carbonyl (C=O) groups is 1. The molecule has 1 rings (SSSR count). The van der Waals surface area contributed by atoms with Gasteiger partial charge in [-0.15, -0.1) is 0 Å². The lowest BCUT2D eigenvalue weighted by molar-refractivity contribution is -0.135. The Labute approximate surface area is 109 Å². The predicted molar refractivity (Wildman–Crippen MR) is 70.4 cm³/mol. The van der Waals surface area contributed by atoms with E-state index in [9.17, 15) is 4.79 Å². The summed E-state index contributed by atoms with van der Waals surface area (Å²) in [5.41, 5.74) is 0. The van der Waals surface area contributed by atoms with E-state index in [4.69, 9.17) is 9.84 Å². The van der Waals surface area contributed by atoms with Gasteiger partial charge in [-0.1, -0.05) is 6.92 Å². The molecule has 2 unspecified atom stereocenters. The number of rotatable bonds is 7. The van der Waals surface area contributed by atoms with E-state index in [2.05, 4.69) is 12.2 Å². The number of nitrogens with one attached hydrogen (secondary N) is 1. The van der Waals surface area contributed by atoms with Crippen molar-refractivity contribution in [3.05, 3.63) is 0 Å². The highest BCUT2D eigenvalue weighted by Crippen LogP contribution is 2.05. The lowest BCUT2D eigenvalue weighted by Gasteiger charge is -2.29. The first kappa shape index (κ1) is 15.4. The molecule has 1 fully saturated rings. The summed E-state index contributed by atoms with van der Waals surface area (Å²) in [6.07, 6.45) is 2.23. The maximum atomic E-state index is 12.0. The molecule has 0 aliphatic carbocycles. The first-order chi connectivity index (χ1) is 8.67. The molecule has 0 aromatic heterocycles. The molecule has 0 saturated carbocycles. The van der Waals surface area contributed by atoms with Gasteiger partial charge in [-0.3, -0.25) is 4.79 Å². The van der Waals surface area contributed by atoms with Crippen molar-refractivity contribution in [3.8, 4) is 0 Å². The number of carbonyl (C=O) groups excluding carboxylic acids is 1. The quantitative estimate of drug-likeness (QED) is 0.693. The topological polar surface area (TPSA) is 61.8 Å². The maximum absolute atomic E-state index is 12.0. The first-order valence-corrected chi connectivity index (χ1v) is 6.89. The summed E-state index contributed by atoms with van der Waals surface area (Å²) in [5.74, 6) is 0.192. The highest BCUT2D eigenvalue weighted by Gasteiger charge is 2.20. The summed E-state index contributed by atoms with van der Waals surface area (Å²) in [4.78, 5) is 13.9. The summed E-state index contributed by atoms with van der Waals surface area (Å²) in [5, 5.41) is 12.3. The van der Waals surface area contributed by atoms with E-state index in [1.165, 1.54) is 0 Å². The van der Waals surface area contributed by atoms with Gasteiger partial charge in [0.15, 0.2) is 0 Å². The molecule has 106 valence electrons. The van der Waals surface area contributed by atoms with Crippen LogP contribution >= 0.6 is 0 Å². The smallest absolute Gasteiger partial charge is 0.224 e. The third-order valence-corrected chi connectivity index (χ3v) is 3.34. The minimum Gasteiger partial charge on any atom is -0.396 e. The number of aliphatic hydroxyl groups is 1.